The second-order valence-electron chi connectivity index (χ2n) is 7.45. The van der Waals surface area contributed by atoms with E-state index in [9.17, 15) is 5.26 Å². The zero-order valence-corrected chi connectivity index (χ0v) is 17.6. The molecule has 3 rings (SSSR count). The molecule has 0 atom stereocenters. The van der Waals surface area contributed by atoms with Gasteiger partial charge in [0.1, 0.15) is 16.6 Å². The highest BCUT2D eigenvalue weighted by atomic mass is 32.1. The van der Waals surface area contributed by atoms with Crippen molar-refractivity contribution >= 4 is 22.6 Å². The van der Waals surface area contributed by atoms with Crippen LogP contribution in [0.2, 0.25) is 0 Å². The van der Waals surface area contributed by atoms with Crippen molar-refractivity contribution in [3.05, 3.63) is 75.7 Å². The standard InChI is InChI=1S/C24H25N3S/c1-16(2)11-19-6-8-20(9-7-19)23-15-28-24(27-23)21(13-25)14-26-22-10-5-17(3)18(4)12-22/h5-10,12,14-16,26H,11H2,1-4H3/b21-14-. The maximum absolute atomic E-state index is 9.56. The topological polar surface area (TPSA) is 48.7 Å². The lowest BCUT2D eigenvalue weighted by Gasteiger charge is -2.05. The van der Waals surface area contributed by atoms with Gasteiger partial charge in [0.15, 0.2) is 0 Å². The van der Waals surface area contributed by atoms with Gasteiger partial charge in [0.2, 0.25) is 0 Å². The number of thiazole rings is 1. The van der Waals surface area contributed by atoms with Gasteiger partial charge >= 0.3 is 0 Å². The SMILES string of the molecule is Cc1ccc(N/C=C(/C#N)c2nc(-c3ccc(CC(C)C)cc3)cs2)cc1C. The lowest BCUT2D eigenvalue weighted by molar-refractivity contribution is 0.647. The number of nitrogens with one attached hydrogen (secondary N) is 1. The van der Waals surface area contributed by atoms with Crippen molar-refractivity contribution in [2.24, 2.45) is 5.92 Å². The quantitative estimate of drug-likeness (QED) is 0.485. The van der Waals surface area contributed by atoms with Crippen molar-refractivity contribution in [1.82, 2.24) is 4.98 Å². The number of hydrogen-bond donors (Lipinski definition) is 1. The highest BCUT2D eigenvalue weighted by Gasteiger charge is 2.09. The first-order valence-corrected chi connectivity index (χ1v) is 10.3. The second kappa shape index (κ2) is 8.86. The largest absolute Gasteiger partial charge is 0.360 e. The molecule has 0 saturated heterocycles. The third-order valence-corrected chi connectivity index (χ3v) is 5.51. The third kappa shape index (κ3) is 4.88. The van der Waals surface area contributed by atoms with Crippen molar-refractivity contribution < 1.29 is 0 Å². The van der Waals surface area contributed by atoms with E-state index in [1.165, 1.54) is 28.0 Å². The number of aryl methyl sites for hydroxylation is 2. The van der Waals surface area contributed by atoms with Gasteiger partial charge in [-0.05, 0) is 55.0 Å². The highest BCUT2D eigenvalue weighted by molar-refractivity contribution is 7.11. The van der Waals surface area contributed by atoms with E-state index in [-0.39, 0.29) is 0 Å². The van der Waals surface area contributed by atoms with E-state index in [4.69, 9.17) is 0 Å². The molecule has 0 aliphatic rings. The molecule has 0 spiro atoms. The zero-order valence-electron chi connectivity index (χ0n) is 16.8. The van der Waals surface area contributed by atoms with E-state index >= 15 is 0 Å². The maximum Gasteiger partial charge on any atom is 0.136 e. The van der Waals surface area contributed by atoms with E-state index in [0.717, 1.165) is 28.4 Å². The Bertz CT molecular complexity index is 1020. The molecule has 1 N–H and O–H groups in total. The minimum absolute atomic E-state index is 0.533. The Morgan fingerprint density at radius 3 is 2.54 bits per heavy atom. The number of aromatic nitrogens is 1. The summed E-state index contributed by atoms with van der Waals surface area (Å²) in [6, 6.07) is 17.0. The van der Waals surface area contributed by atoms with E-state index in [1.54, 1.807) is 6.20 Å². The Hall–Kier alpha value is -2.90. The van der Waals surface area contributed by atoms with Crippen LogP contribution in [0.3, 0.4) is 0 Å². The molecule has 3 aromatic rings. The first-order chi connectivity index (χ1) is 13.5. The molecule has 0 fully saturated rings. The zero-order chi connectivity index (χ0) is 20.1. The fourth-order valence-corrected chi connectivity index (χ4v) is 3.74. The lowest BCUT2D eigenvalue weighted by Crippen LogP contribution is -1.93. The predicted octanol–water partition coefficient (Wildman–Crippen LogP) is 6.60. The van der Waals surface area contributed by atoms with Gasteiger partial charge in [0.25, 0.3) is 0 Å². The van der Waals surface area contributed by atoms with E-state index in [1.807, 2.05) is 11.4 Å². The summed E-state index contributed by atoms with van der Waals surface area (Å²) >= 11 is 1.49. The predicted molar refractivity (Wildman–Crippen MR) is 119 cm³/mol. The first kappa shape index (κ1) is 19.9. The lowest BCUT2D eigenvalue weighted by atomic mass is 10.0. The van der Waals surface area contributed by atoms with Gasteiger partial charge in [-0.15, -0.1) is 11.3 Å². The van der Waals surface area contributed by atoms with Crippen molar-refractivity contribution in [2.75, 3.05) is 5.32 Å². The molecule has 0 saturated carbocycles. The number of nitrogens with zero attached hydrogens (tertiary/aromatic N) is 2. The van der Waals surface area contributed by atoms with Crippen LogP contribution in [0.15, 0.2) is 54.0 Å². The minimum atomic E-state index is 0.533. The summed E-state index contributed by atoms with van der Waals surface area (Å²) in [6.07, 6.45) is 2.81. The Morgan fingerprint density at radius 1 is 1.14 bits per heavy atom. The van der Waals surface area contributed by atoms with E-state index in [0.29, 0.717) is 11.5 Å². The minimum Gasteiger partial charge on any atom is -0.360 e. The summed E-state index contributed by atoms with van der Waals surface area (Å²) < 4.78 is 0. The third-order valence-electron chi connectivity index (χ3n) is 4.64. The van der Waals surface area contributed by atoms with Crippen LogP contribution >= 0.6 is 11.3 Å². The Morgan fingerprint density at radius 2 is 1.89 bits per heavy atom. The second-order valence-corrected chi connectivity index (χ2v) is 8.30. The van der Waals surface area contributed by atoms with Crippen molar-refractivity contribution in [3.63, 3.8) is 0 Å². The summed E-state index contributed by atoms with van der Waals surface area (Å²) in [4.78, 5) is 4.67. The number of benzene rings is 2. The van der Waals surface area contributed by atoms with Crippen molar-refractivity contribution in [3.8, 4) is 17.3 Å². The van der Waals surface area contributed by atoms with Gasteiger partial charge in [0, 0.05) is 22.8 Å². The van der Waals surface area contributed by atoms with Gasteiger partial charge in [-0.25, -0.2) is 4.98 Å². The number of nitriles is 1. The normalized spacial score (nSPS) is 11.5. The molecule has 28 heavy (non-hydrogen) atoms. The number of hydrogen-bond acceptors (Lipinski definition) is 4. The molecule has 4 heteroatoms. The fraction of sp³-hybridized carbons (Fsp3) is 0.250. The summed E-state index contributed by atoms with van der Waals surface area (Å²) in [6.45, 7) is 8.61. The molecule has 0 unspecified atom stereocenters. The Balaban J connectivity index is 1.77. The highest BCUT2D eigenvalue weighted by Crippen LogP contribution is 2.27. The summed E-state index contributed by atoms with van der Waals surface area (Å²) in [7, 11) is 0. The molecular weight excluding hydrogens is 362 g/mol. The van der Waals surface area contributed by atoms with Crippen LogP contribution in [0.25, 0.3) is 16.8 Å². The van der Waals surface area contributed by atoms with Crippen LogP contribution < -0.4 is 5.32 Å². The van der Waals surface area contributed by atoms with E-state index < -0.39 is 0 Å². The van der Waals surface area contributed by atoms with Crippen LogP contribution in [0.1, 0.15) is 35.5 Å². The molecule has 142 valence electrons. The average molecular weight is 388 g/mol. The number of rotatable bonds is 6. The van der Waals surface area contributed by atoms with E-state index in [2.05, 4.69) is 80.5 Å². The molecule has 0 bridgehead atoms. The number of allylic oxidation sites excluding steroid dienone is 1. The summed E-state index contributed by atoms with van der Waals surface area (Å²) in [5.41, 5.74) is 7.29. The van der Waals surface area contributed by atoms with Gasteiger partial charge in [-0.2, -0.15) is 5.26 Å². The molecule has 0 aliphatic heterocycles. The average Bonchev–Trinajstić information content (AvgIpc) is 3.15. The summed E-state index contributed by atoms with van der Waals surface area (Å²) in [5.74, 6) is 0.643. The molecule has 0 amide bonds. The Labute approximate surface area is 171 Å². The van der Waals surface area contributed by atoms with Crippen molar-refractivity contribution in [1.29, 1.82) is 5.26 Å². The first-order valence-electron chi connectivity index (χ1n) is 9.45. The fourth-order valence-electron chi connectivity index (χ4n) is 2.94. The van der Waals surface area contributed by atoms with Crippen LogP contribution in [-0.2, 0) is 6.42 Å². The van der Waals surface area contributed by atoms with Crippen LogP contribution in [0, 0.1) is 31.1 Å². The molecule has 0 radical (unpaired) electrons. The van der Waals surface area contributed by atoms with Gasteiger partial charge < -0.3 is 5.32 Å². The molecule has 1 heterocycles. The van der Waals surface area contributed by atoms with Crippen LogP contribution in [-0.4, -0.2) is 4.98 Å². The van der Waals surface area contributed by atoms with Gasteiger partial charge in [-0.3, -0.25) is 0 Å². The van der Waals surface area contributed by atoms with Gasteiger partial charge in [0.05, 0.1) is 5.69 Å². The maximum atomic E-state index is 9.56. The van der Waals surface area contributed by atoms with Crippen LogP contribution in [0.4, 0.5) is 5.69 Å². The van der Waals surface area contributed by atoms with Gasteiger partial charge in [-0.1, -0.05) is 44.2 Å². The van der Waals surface area contributed by atoms with Crippen LogP contribution in [0.5, 0.6) is 0 Å². The Kier molecular flexibility index (Phi) is 6.28. The molecule has 1 aromatic heterocycles. The number of anilines is 1. The molecular formula is C24H25N3S. The molecule has 3 nitrogen and oxygen atoms in total. The molecule has 2 aromatic carbocycles. The summed E-state index contributed by atoms with van der Waals surface area (Å²) in [5, 5.41) is 15.5. The smallest absolute Gasteiger partial charge is 0.136 e. The molecule has 0 aliphatic carbocycles. The monoisotopic (exact) mass is 387 g/mol. The van der Waals surface area contributed by atoms with Crippen molar-refractivity contribution in [2.45, 2.75) is 34.1 Å².